The summed E-state index contributed by atoms with van der Waals surface area (Å²) in [6.45, 7) is 2.50. The van der Waals surface area contributed by atoms with Crippen LogP contribution in [0.1, 0.15) is 34.5 Å². The van der Waals surface area contributed by atoms with E-state index in [1.807, 2.05) is 37.3 Å². The van der Waals surface area contributed by atoms with Crippen LogP contribution in [0.2, 0.25) is 0 Å². The van der Waals surface area contributed by atoms with Crippen molar-refractivity contribution >= 4 is 16.7 Å². The lowest BCUT2D eigenvalue weighted by Gasteiger charge is -2.17. The maximum atomic E-state index is 14.0. The molecular formula is C27H23F2NO3. The maximum Gasteiger partial charge on any atom is 0.338 e. The molecule has 33 heavy (non-hydrogen) atoms. The van der Waals surface area contributed by atoms with Gasteiger partial charge in [0.2, 0.25) is 0 Å². The molecule has 0 radical (unpaired) electrons. The summed E-state index contributed by atoms with van der Waals surface area (Å²) in [6, 6.07) is 20.7. The van der Waals surface area contributed by atoms with Gasteiger partial charge in [-0.15, -0.1) is 0 Å². The largest absolute Gasteiger partial charge is 0.494 e. The van der Waals surface area contributed by atoms with E-state index in [-0.39, 0.29) is 17.4 Å². The van der Waals surface area contributed by atoms with Crippen molar-refractivity contribution in [1.29, 1.82) is 0 Å². The van der Waals surface area contributed by atoms with Crippen LogP contribution in [-0.4, -0.2) is 18.2 Å². The Kier molecular flexibility index (Phi) is 6.38. The Morgan fingerprint density at radius 1 is 1.00 bits per heavy atom. The quantitative estimate of drug-likeness (QED) is 0.347. The first-order valence-corrected chi connectivity index (χ1v) is 10.5. The minimum absolute atomic E-state index is 0.0705. The molecule has 0 aromatic heterocycles. The van der Waals surface area contributed by atoms with Crippen LogP contribution in [0, 0.1) is 11.6 Å². The molecule has 6 heteroatoms. The molecule has 1 atom stereocenters. The Bertz CT molecular complexity index is 1340. The van der Waals surface area contributed by atoms with Gasteiger partial charge >= 0.3 is 5.97 Å². The van der Waals surface area contributed by atoms with Gasteiger partial charge in [-0.2, -0.15) is 0 Å². The summed E-state index contributed by atoms with van der Waals surface area (Å²) in [7, 11) is 1.43. The number of ether oxygens (including phenoxy) is 1. The van der Waals surface area contributed by atoms with E-state index in [2.05, 4.69) is 11.4 Å². The summed E-state index contributed by atoms with van der Waals surface area (Å²) in [5, 5.41) is 14.7. The number of carboxylic acid groups (broad SMARTS) is 1. The fourth-order valence-electron chi connectivity index (χ4n) is 3.90. The van der Waals surface area contributed by atoms with Crippen molar-refractivity contribution in [2.75, 3.05) is 7.11 Å². The number of aromatic carboxylic acids is 1. The standard InChI is InChI=1S/C27H23F2NO3/c1-16(18-7-10-25(29)26(14-18)33-2)30-15-17-11-19-5-3-4-6-21(19)22(12-17)20-8-9-24(28)23(13-20)27(31)32/h3-14,16,30H,15H2,1-2H3,(H,31,32)/t16-/m1/s1. The Labute approximate surface area is 190 Å². The molecule has 4 aromatic carbocycles. The molecule has 0 unspecified atom stereocenters. The lowest BCUT2D eigenvalue weighted by Crippen LogP contribution is -2.18. The first-order chi connectivity index (χ1) is 15.9. The number of benzene rings is 4. The molecule has 4 nitrogen and oxygen atoms in total. The number of carboxylic acids is 1. The van der Waals surface area contributed by atoms with Crippen molar-refractivity contribution in [3.63, 3.8) is 0 Å². The molecular weight excluding hydrogens is 424 g/mol. The van der Waals surface area contributed by atoms with Crippen molar-refractivity contribution < 1.29 is 23.4 Å². The second-order valence-corrected chi connectivity index (χ2v) is 7.86. The van der Waals surface area contributed by atoms with Crippen LogP contribution in [0.3, 0.4) is 0 Å². The Balaban J connectivity index is 1.67. The van der Waals surface area contributed by atoms with E-state index < -0.39 is 17.6 Å². The first kappa shape index (κ1) is 22.4. The van der Waals surface area contributed by atoms with Crippen LogP contribution in [0.25, 0.3) is 21.9 Å². The van der Waals surface area contributed by atoms with Crippen LogP contribution in [-0.2, 0) is 6.54 Å². The van der Waals surface area contributed by atoms with Crippen molar-refractivity contribution in [2.45, 2.75) is 19.5 Å². The zero-order valence-electron chi connectivity index (χ0n) is 18.2. The summed E-state index contributed by atoms with van der Waals surface area (Å²) in [4.78, 5) is 11.4. The fourth-order valence-corrected chi connectivity index (χ4v) is 3.90. The second kappa shape index (κ2) is 9.38. The summed E-state index contributed by atoms with van der Waals surface area (Å²) in [5.74, 6) is -2.29. The maximum absolute atomic E-state index is 14.0. The molecule has 0 spiro atoms. The lowest BCUT2D eigenvalue weighted by atomic mass is 9.94. The lowest BCUT2D eigenvalue weighted by molar-refractivity contribution is 0.0692. The van der Waals surface area contributed by atoms with Gasteiger partial charge in [0.05, 0.1) is 12.7 Å². The number of nitrogens with one attached hydrogen (secondary N) is 1. The minimum atomic E-state index is -1.31. The number of halogens is 2. The minimum Gasteiger partial charge on any atom is -0.494 e. The highest BCUT2D eigenvalue weighted by Crippen LogP contribution is 2.32. The van der Waals surface area contributed by atoms with Crippen LogP contribution < -0.4 is 10.1 Å². The van der Waals surface area contributed by atoms with Crippen molar-refractivity contribution in [3.05, 3.63) is 101 Å². The average Bonchev–Trinajstić information content (AvgIpc) is 2.82. The normalized spacial score (nSPS) is 12.0. The monoisotopic (exact) mass is 447 g/mol. The topological polar surface area (TPSA) is 58.6 Å². The Morgan fingerprint density at radius 3 is 2.52 bits per heavy atom. The van der Waals surface area contributed by atoms with Crippen LogP contribution >= 0.6 is 0 Å². The molecule has 0 fully saturated rings. The fraction of sp³-hybridized carbons (Fsp3) is 0.148. The number of hydrogen-bond donors (Lipinski definition) is 2. The third kappa shape index (κ3) is 4.71. The summed E-state index contributed by atoms with van der Waals surface area (Å²) in [6.07, 6.45) is 0. The summed E-state index contributed by atoms with van der Waals surface area (Å²) >= 11 is 0. The van der Waals surface area contributed by atoms with Gasteiger partial charge in [-0.3, -0.25) is 0 Å². The van der Waals surface area contributed by atoms with Crippen LogP contribution in [0.4, 0.5) is 8.78 Å². The van der Waals surface area contributed by atoms with Crippen LogP contribution in [0.15, 0.2) is 72.8 Å². The van der Waals surface area contributed by atoms with Gasteiger partial charge in [0.15, 0.2) is 11.6 Å². The first-order valence-electron chi connectivity index (χ1n) is 10.5. The number of methoxy groups -OCH3 is 1. The molecule has 168 valence electrons. The SMILES string of the molecule is COc1cc([C@@H](C)NCc2cc(-c3ccc(F)c(C(=O)O)c3)c3ccccc3c2)ccc1F. The molecule has 0 aliphatic rings. The highest BCUT2D eigenvalue weighted by atomic mass is 19.1. The van der Waals surface area contributed by atoms with Gasteiger partial charge in [0.25, 0.3) is 0 Å². The van der Waals surface area contributed by atoms with Gasteiger partial charge in [-0.1, -0.05) is 36.4 Å². The van der Waals surface area contributed by atoms with E-state index in [1.54, 1.807) is 18.2 Å². The zero-order valence-corrected chi connectivity index (χ0v) is 18.2. The molecule has 0 saturated heterocycles. The van der Waals surface area contributed by atoms with Gasteiger partial charge in [-0.05, 0) is 76.3 Å². The molecule has 2 N–H and O–H groups in total. The van der Waals surface area contributed by atoms with E-state index >= 15 is 0 Å². The molecule has 4 aromatic rings. The van der Waals surface area contributed by atoms with Crippen molar-refractivity contribution in [1.82, 2.24) is 5.32 Å². The molecule has 0 aliphatic carbocycles. The van der Waals surface area contributed by atoms with Gasteiger partial charge in [0.1, 0.15) is 5.82 Å². The van der Waals surface area contributed by atoms with E-state index in [1.165, 1.54) is 25.3 Å². The average molecular weight is 447 g/mol. The van der Waals surface area contributed by atoms with E-state index in [4.69, 9.17) is 4.74 Å². The van der Waals surface area contributed by atoms with Crippen molar-refractivity contribution in [2.24, 2.45) is 0 Å². The molecule has 0 bridgehead atoms. The molecule has 0 amide bonds. The highest BCUT2D eigenvalue weighted by Gasteiger charge is 2.15. The third-order valence-corrected chi connectivity index (χ3v) is 5.72. The van der Waals surface area contributed by atoms with Gasteiger partial charge < -0.3 is 15.2 Å². The van der Waals surface area contributed by atoms with Gasteiger partial charge in [0, 0.05) is 12.6 Å². The number of carbonyl (C=O) groups is 1. The number of rotatable bonds is 7. The smallest absolute Gasteiger partial charge is 0.338 e. The van der Waals surface area contributed by atoms with E-state index in [0.717, 1.165) is 27.5 Å². The Morgan fingerprint density at radius 2 is 1.76 bits per heavy atom. The van der Waals surface area contributed by atoms with Crippen molar-refractivity contribution in [3.8, 4) is 16.9 Å². The predicted octanol–water partition coefficient (Wildman–Crippen LogP) is 6.34. The zero-order chi connectivity index (χ0) is 23.5. The van der Waals surface area contributed by atoms with E-state index in [9.17, 15) is 18.7 Å². The molecule has 0 heterocycles. The molecule has 0 aliphatic heterocycles. The third-order valence-electron chi connectivity index (χ3n) is 5.72. The van der Waals surface area contributed by atoms with Crippen LogP contribution in [0.5, 0.6) is 5.75 Å². The second-order valence-electron chi connectivity index (χ2n) is 7.86. The highest BCUT2D eigenvalue weighted by molar-refractivity contribution is 5.98. The van der Waals surface area contributed by atoms with Gasteiger partial charge in [-0.25, -0.2) is 13.6 Å². The molecule has 0 saturated carbocycles. The Hall–Kier alpha value is -3.77. The van der Waals surface area contributed by atoms with E-state index in [0.29, 0.717) is 12.1 Å². The molecule has 4 rings (SSSR count). The number of hydrogen-bond acceptors (Lipinski definition) is 3. The predicted molar refractivity (Wildman–Crippen MR) is 125 cm³/mol. The summed E-state index contributed by atoms with van der Waals surface area (Å²) < 4.78 is 32.8. The summed E-state index contributed by atoms with van der Waals surface area (Å²) in [5.41, 5.74) is 2.95. The number of fused-ring (bicyclic) bond motifs is 1.